The van der Waals surface area contributed by atoms with Crippen LogP contribution in [0.1, 0.15) is 5.56 Å². The van der Waals surface area contributed by atoms with Crippen LogP contribution in [0, 0.1) is 0 Å². The van der Waals surface area contributed by atoms with E-state index in [1.54, 1.807) is 18.2 Å². The van der Waals surface area contributed by atoms with Gasteiger partial charge in [0.05, 0.1) is 11.5 Å². The molecule has 2 N–H and O–H groups in total. The highest BCUT2D eigenvalue weighted by Gasteiger charge is 2.21. The Morgan fingerprint density at radius 3 is 3.00 bits per heavy atom. The van der Waals surface area contributed by atoms with Crippen LogP contribution >= 0.6 is 24.0 Å². The maximum Gasteiger partial charge on any atom is 0.263 e. The molecule has 0 radical (unpaired) electrons. The van der Waals surface area contributed by atoms with Gasteiger partial charge in [-0.2, -0.15) is 0 Å². The average Bonchev–Trinajstić information content (AvgIpc) is 2.66. The standard InChI is InChI=1S/C12H11NO3S2/c14-4-5-16-9-3-1-2-8(6-9)7-10-11(15)13-12(17)18-10/h1-3,6-7,14H,4-5H2,(H,13,15,17)/b10-7+. The molecule has 1 saturated heterocycles. The first-order valence-corrected chi connectivity index (χ1v) is 6.50. The van der Waals surface area contributed by atoms with E-state index in [4.69, 9.17) is 22.1 Å². The van der Waals surface area contributed by atoms with Crippen molar-refractivity contribution in [2.45, 2.75) is 0 Å². The molecule has 1 heterocycles. The number of benzene rings is 1. The van der Waals surface area contributed by atoms with Crippen molar-refractivity contribution in [1.82, 2.24) is 5.32 Å². The Labute approximate surface area is 114 Å². The van der Waals surface area contributed by atoms with Gasteiger partial charge in [0, 0.05) is 0 Å². The summed E-state index contributed by atoms with van der Waals surface area (Å²) in [7, 11) is 0. The summed E-state index contributed by atoms with van der Waals surface area (Å²) < 4.78 is 5.77. The number of rotatable bonds is 4. The summed E-state index contributed by atoms with van der Waals surface area (Å²) in [5.74, 6) is 0.482. The van der Waals surface area contributed by atoms with Crippen LogP contribution < -0.4 is 10.1 Å². The monoisotopic (exact) mass is 281 g/mol. The van der Waals surface area contributed by atoms with Crippen molar-refractivity contribution >= 4 is 40.3 Å². The van der Waals surface area contributed by atoms with Crippen molar-refractivity contribution in [3.05, 3.63) is 34.7 Å². The number of carbonyl (C=O) groups excluding carboxylic acids is 1. The lowest BCUT2D eigenvalue weighted by atomic mass is 10.2. The zero-order valence-electron chi connectivity index (χ0n) is 9.38. The summed E-state index contributed by atoms with van der Waals surface area (Å²) in [4.78, 5) is 12.1. The summed E-state index contributed by atoms with van der Waals surface area (Å²) in [5.41, 5.74) is 0.854. The summed E-state index contributed by atoms with van der Waals surface area (Å²) in [5, 5.41) is 11.2. The Balaban J connectivity index is 2.16. The lowest BCUT2D eigenvalue weighted by Gasteiger charge is -2.04. The highest BCUT2D eigenvalue weighted by molar-refractivity contribution is 8.26. The van der Waals surface area contributed by atoms with Gasteiger partial charge in [-0.25, -0.2) is 0 Å². The minimum atomic E-state index is -0.174. The lowest BCUT2D eigenvalue weighted by molar-refractivity contribution is -0.115. The predicted octanol–water partition coefficient (Wildman–Crippen LogP) is 1.55. The molecule has 6 heteroatoms. The van der Waals surface area contributed by atoms with Crippen LogP contribution in [0.4, 0.5) is 0 Å². The molecule has 0 saturated carbocycles. The number of thioether (sulfide) groups is 1. The quantitative estimate of drug-likeness (QED) is 0.648. The molecule has 1 amide bonds. The molecule has 0 aromatic heterocycles. The van der Waals surface area contributed by atoms with Crippen LogP contribution in [0.5, 0.6) is 5.75 Å². The van der Waals surface area contributed by atoms with Gasteiger partial charge in [0.2, 0.25) is 0 Å². The highest BCUT2D eigenvalue weighted by atomic mass is 32.2. The summed E-state index contributed by atoms with van der Waals surface area (Å²) in [6.07, 6.45) is 1.76. The maximum atomic E-state index is 11.5. The molecule has 0 aliphatic carbocycles. The van der Waals surface area contributed by atoms with Gasteiger partial charge in [-0.1, -0.05) is 36.1 Å². The van der Waals surface area contributed by atoms with Gasteiger partial charge in [-0.3, -0.25) is 4.79 Å². The zero-order valence-corrected chi connectivity index (χ0v) is 11.0. The summed E-state index contributed by atoms with van der Waals surface area (Å²) >= 11 is 6.15. The Bertz CT molecular complexity index is 514. The van der Waals surface area contributed by atoms with Crippen molar-refractivity contribution < 1.29 is 14.6 Å². The topological polar surface area (TPSA) is 58.6 Å². The van der Waals surface area contributed by atoms with Gasteiger partial charge >= 0.3 is 0 Å². The normalized spacial score (nSPS) is 17.1. The van der Waals surface area contributed by atoms with E-state index in [0.29, 0.717) is 15.0 Å². The second kappa shape index (κ2) is 5.99. The van der Waals surface area contributed by atoms with Crippen molar-refractivity contribution in [3.63, 3.8) is 0 Å². The van der Waals surface area contributed by atoms with E-state index in [2.05, 4.69) is 5.32 Å². The number of ether oxygens (including phenoxy) is 1. The molecule has 1 aliphatic rings. The number of aliphatic hydroxyl groups excluding tert-OH is 1. The van der Waals surface area contributed by atoms with Gasteiger partial charge in [0.15, 0.2) is 0 Å². The number of nitrogens with one attached hydrogen (secondary N) is 1. The molecule has 1 aromatic rings. The second-order valence-corrected chi connectivity index (χ2v) is 5.22. The van der Waals surface area contributed by atoms with E-state index in [0.717, 1.165) is 5.56 Å². The fourth-order valence-electron chi connectivity index (χ4n) is 1.43. The smallest absolute Gasteiger partial charge is 0.263 e. The largest absolute Gasteiger partial charge is 0.491 e. The van der Waals surface area contributed by atoms with E-state index in [1.165, 1.54) is 11.8 Å². The number of hydrogen-bond donors (Lipinski definition) is 2. The SMILES string of the molecule is O=C1NC(=S)S/C1=C/c1cccc(OCCO)c1. The summed E-state index contributed by atoms with van der Waals surface area (Å²) in [6, 6.07) is 7.30. The lowest BCUT2D eigenvalue weighted by Crippen LogP contribution is -2.17. The highest BCUT2D eigenvalue weighted by Crippen LogP contribution is 2.26. The van der Waals surface area contributed by atoms with Crippen molar-refractivity contribution in [3.8, 4) is 5.75 Å². The van der Waals surface area contributed by atoms with Crippen molar-refractivity contribution in [1.29, 1.82) is 0 Å². The van der Waals surface area contributed by atoms with Crippen LogP contribution in [0.15, 0.2) is 29.2 Å². The molecule has 4 nitrogen and oxygen atoms in total. The Kier molecular flexibility index (Phi) is 4.35. The van der Waals surface area contributed by atoms with E-state index in [1.807, 2.05) is 12.1 Å². The average molecular weight is 281 g/mol. The first-order chi connectivity index (χ1) is 8.69. The third-order valence-electron chi connectivity index (χ3n) is 2.16. The van der Waals surface area contributed by atoms with Gasteiger partial charge in [-0.05, 0) is 23.8 Å². The fraction of sp³-hybridized carbons (Fsp3) is 0.167. The summed E-state index contributed by atoms with van der Waals surface area (Å²) in [6.45, 7) is 0.219. The van der Waals surface area contributed by atoms with E-state index >= 15 is 0 Å². The fourth-order valence-corrected chi connectivity index (χ4v) is 2.47. The molecular weight excluding hydrogens is 270 g/mol. The third kappa shape index (κ3) is 3.32. The maximum absolute atomic E-state index is 11.5. The van der Waals surface area contributed by atoms with Crippen LogP contribution in [0.25, 0.3) is 6.08 Å². The molecule has 2 rings (SSSR count). The second-order valence-electron chi connectivity index (χ2n) is 3.50. The molecule has 0 atom stereocenters. The molecule has 1 aromatic carbocycles. The number of carbonyl (C=O) groups is 1. The predicted molar refractivity (Wildman–Crippen MR) is 75.3 cm³/mol. The van der Waals surface area contributed by atoms with Gasteiger partial charge in [-0.15, -0.1) is 0 Å². The van der Waals surface area contributed by atoms with Gasteiger partial charge < -0.3 is 15.2 Å². The molecule has 0 unspecified atom stereocenters. The van der Waals surface area contributed by atoms with Crippen LogP contribution in [0.3, 0.4) is 0 Å². The first-order valence-electron chi connectivity index (χ1n) is 5.27. The van der Waals surface area contributed by atoms with Gasteiger partial charge in [0.25, 0.3) is 5.91 Å². The molecule has 0 spiro atoms. The van der Waals surface area contributed by atoms with Crippen molar-refractivity contribution in [2.24, 2.45) is 0 Å². The Hall–Kier alpha value is -1.37. The Morgan fingerprint density at radius 1 is 1.50 bits per heavy atom. The van der Waals surface area contributed by atoms with Crippen LogP contribution in [-0.2, 0) is 4.79 Å². The molecule has 0 bridgehead atoms. The van der Waals surface area contributed by atoms with Crippen molar-refractivity contribution in [2.75, 3.05) is 13.2 Å². The number of aliphatic hydroxyl groups is 1. The van der Waals surface area contributed by atoms with E-state index in [-0.39, 0.29) is 19.1 Å². The number of hydrogen-bond acceptors (Lipinski definition) is 5. The number of amides is 1. The minimum Gasteiger partial charge on any atom is -0.491 e. The third-order valence-corrected chi connectivity index (χ3v) is 3.32. The minimum absolute atomic E-state index is 0.0299. The van der Waals surface area contributed by atoms with E-state index in [9.17, 15) is 4.79 Å². The van der Waals surface area contributed by atoms with E-state index < -0.39 is 0 Å². The molecular formula is C12H11NO3S2. The first kappa shape index (κ1) is 13.1. The zero-order chi connectivity index (χ0) is 13.0. The van der Waals surface area contributed by atoms with Crippen LogP contribution in [0.2, 0.25) is 0 Å². The van der Waals surface area contributed by atoms with Crippen LogP contribution in [-0.4, -0.2) is 28.5 Å². The Morgan fingerprint density at radius 2 is 2.33 bits per heavy atom. The van der Waals surface area contributed by atoms with Gasteiger partial charge in [0.1, 0.15) is 16.7 Å². The molecule has 94 valence electrons. The molecule has 18 heavy (non-hydrogen) atoms. The number of thiocarbonyl (C=S) groups is 1. The molecule has 1 fully saturated rings. The molecule has 1 aliphatic heterocycles.